The Morgan fingerprint density at radius 2 is 1.35 bits per heavy atom. The summed E-state index contributed by atoms with van der Waals surface area (Å²) in [6, 6.07) is 25.0. The van der Waals surface area contributed by atoms with E-state index in [0.717, 1.165) is 17.1 Å². The van der Waals surface area contributed by atoms with Crippen LogP contribution in [0, 0.1) is 20.8 Å². The average molecular weight is 340 g/mol. The Balaban J connectivity index is 1.98. The van der Waals surface area contributed by atoms with Gasteiger partial charge < -0.3 is 0 Å². The van der Waals surface area contributed by atoms with E-state index in [0.29, 0.717) is 0 Å². The highest BCUT2D eigenvalue weighted by molar-refractivity contribution is 5.54. The largest absolute Gasteiger partial charge is 0.314 e. The molecule has 3 aromatic carbocycles. The van der Waals surface area contributed by atoms with E-state index < -0.39 is 0 Å². The van der Waals surface area contributed by atoms with Crippen LogP contribution in [0.15, 0.2) is 79.1 Å². The third kappa shape index (κ3) is 2.92. The zero-order valence-electron chi connectivity index (χ0n) is 15.3. The summed E-state index contributed by atoms with van der Waals surface area (Å²) >= 11 is 0. The zero-order chi connectivity index (χ0) is 18.1. The molecule has 0 spiro atoms. The minimum absolute atomic E-state index is 0.935. The Bertz CT molecular complexity index is 1020. The van der Waals surface area contributed by atoms with Crippen LogP contribution in [0.3, 0.4) is 0 Å². The highest BCUT2D eigenvalue weighted by Gasteiger charge is 2.23. The number of nitrogens with zero attached hydrogens (tertiary/aromatic N) is 3. The maximum atomic E-state index is 4.91. The third-order valence-corrected chi connectivity index (χ3v) is 4.58. The SMILES string of the molecule is Cc1cc(C)c(-[n+]2cn(-c3ccccc3)nc2-c2ccccc2)c(C)c1. The number of aryl methyl sites for hydroxylation is 3. The van der Waals surface area contributed by atoms with E-state index in [-0.39, 0.29) is 0 Å². The molecule has 0 saturated carbocycles. The normalized spacial score (nSPS) is 10.9. The van der Waals surface area contributed by atoms with E-state index in [1.165, 1.54) is 22.4 Å². The van der Waals surface area contributed by atoms with Crippen molar-refractivity contribution in [3.05, 3.63) is 95.8 Å². The first-order chi connectivity index (χ1) is 12.6. The van der Waals surface area contributed by atoms with E-state index in [4.69, 9.17) is 5.10 Å². The minimum atomic E-state index is 0.935. The molecule has 0 radical (unpaired) electrons. The smallest absolute Gasteiger partial charge is 0.196 e. The van der Waals surface area contributed by atoms with Crippen LogP contribution in [0.5, 0.6) is 0 Å². The molecule has 4 rings (SSSR count). The second kappa shape index (κ2) is 6.60. The molecule has 0 aliphatic heterocycles. The van der Waals surface area contributed by atoms with Gasteiger partial charge in [0.1, 0.15) is 11.4 Å². The van der Waals surface area contributed by atoms with E-state index in [1.54, 1.807) is 0 Å². The Kier molecular flexibility index (Phi) is 4.13. The molecule has 3 heteroatoms. The Morgan fingerprint density at radius 3 is 1.96 bits per heavy atom. The number of aromatic nitrogens is 3. The van der Waals surface area contributed by atoms with Crippen molar-refractivity contribution >= 4 is 0 Å². The molecule has 0 saturated heterocycles. The van der Waals surface area contributed by atoms with Gasteiger partial charge in [-0.05, 0) is 56.2 Å². The standard InChI is InChI=1S/C23H22N3/c1-17-14-18(2)22(19(3)15-17)25-16-26(21-12-8-5-9-13-21)24-23(25)20-10-6-4-7-11-20/h4-16H,1-3H3/q+1. The van der Waals surface area contributed by atoms with Gasteiger partial charge in [-0.25, -0.2) is 0 Å². The van der Waals surface area contributed by atoms with E-state index in [2.05, 4.69) is 80.2 Å². The van der Waals surface area contributed by atoms with Crippen molar-refractivity contribution in [2.24, 2.45) is 0 Å². The number of benzene rings is 3. The number of rotatable bonds is 3. The summed E-state index contributed by atoms with van der Waals surface area (Å²) in [5.41, 5.74) is 7.11. The monoisotopic (exact) mass is 340 g/mol. The number of hydrogen-bond donors (Lipinski definition) is 0. The molecule has 0 bridgehead atoms. The van der Waals surface area contributed by atoms with Gasteiger partial charge in [0.15, 0.2) is 0 Å². The average Bonchev–Trinajstić information content (AvgIpc) is 3.07. The van der Waals surface area contributed by atoms with Crippen LogP contribution in [0.4, 0.5) is 0 Å². The maximum absolute atomic E-state index is 4.91. The molecule has 0 aliphatic carbocycles. The number of para-hydroxylation sites is 1. The molecule has 0 atom stereocenters. The van der Waals surface area contributed by atoms with Gasteiger partial charge in [-0.3, -0.25) is 0 Å². The molecular weight excluding hydrogens is 318 g/mol. The van der Waals surface area contributed by atoms with Gasteiger partial charge in [0.2, 0.25) is 6.33 Å². The highest BCUT2D eigenvalue weighted by atomic mass is 15.4. The van der Waals surface area contributed by atoms with E-state index in [1.807, 2.05) is 28.9 Å². The molecule has 3 nitrogen and oxygen atoms in total. The van der Waals surface area contributed by atoms with Gasteiger partial charge >= 0.3 is 5.82 Å². The van der Waals surface area contributed by atoms with Crippen LogP contribution in [0.1, 0.15) is 16.7 Å². The maximum Gasteiger partial charge on any atom is 0.314 e. The van der Waals surface area contributed by atoms with Crippen molar-refractivity contribution < 1.29 is 4.57 Å². The highest BCUT2D eigenvalue weighted by Crippen LogP contribution is 2.21. The predicted molar refractivity (Wildman–Crippen MR) is 105 cm³/mol. The fourth-order valence-electron chi connectivity index (χ4n) is 3.55. The van der Waals surface area contributed by atoms with Gasteiger partial charge in [-0.15, -0.1) is 0 Å². The molecule has 1 aromatic heterocycles. The Morgan fingerprint density at radius 1 is 0.769 bits per heavy atom. The summed E-state index contributed by atoms with van der Waals surface area (Å²) < 4.78 is 4.15. The van der Waals surface area contributed by atoms with Crippen LogP contribution < -0.4 is 4.57 Å². The van der Waals surface area contributed by atoms with Crippen LogP contribution in [-0.2, 0) is 0 Å². The van der Waals surface area contributed by atoms with Crippen molar-refractivity contribution in [1.29, 1.82) is 0 Å². The van der Waals surface area contributed by atoms with Crippen molar-refractivity contribution in [3.8, 4) is 22.8 Å². The van der Waals surface area contributed by atoms with Gasteiger partial charge in [0.25, 0.3) is 0 Å². The first-order valence-corrected chi connectivity index (χ1v) is 8.84. The van der Waals surface area contributed by atoms with Gasteiger partial charge in [-0.1, -0.05) is 58.8 Å². The third-order valence-electron chi connectivity index (χ3n) is 4.58. The van der Waals surface area contributed by atoms with Crippen LogP contribution in [-0.4, -0.2) is 9.78 Å². The van der Waals surface area contributed by atoms with Crippen LogP contribution in [0.2, 0.25) is 0 Å². The lowest BCUT2D eigenvalue weighted by Gasteiger charge is -2.09. The van der Waals surface area contributed by atoms with Crippen molar-refractivity contribution in [2.45, 2.75) is 20.8 Å². The van der Waals surface area contributed by atoms with E-state index >= 15 is 0 Å². The molecular formula is C23H22N3+. The zero-order valence-corrected chi connectivity index (χ0v) is 15.3. The molecule has 0 unspecified atom stereocenters. The predicted octanol–water partition coefficient (Wildman–Crippen LogP) is 4.74. The first kappa shape index (κ1) is 16.3. The fourth-order valence-corrected chi connectivity index (χ4v) is 3.55. The molecule has 0 N–H and O–H groups in total. The molecule has 0 aliphatic rings. The van der Waals surface area contributed by atoms with Crippen molar-refractivity contribution in [1.82, 2.24) is 9.78 Å². The minimum Gasteiger partial charge on any atom is -0.196 e. The van der Waals surface area contributed by atoms with Crippen molar-refractivity contribution in [3.63, 3.8) is 0 Å². The molecule has 128 valence electrons. The fraction of sp³-hybridized carbons (Fsp3) is 0.130. The summed E-state index contributed by atoms with van der Waals surface area (Å²) in [7, 11) is 0. The lowest BCUT2D eigenvalue weighted by atomic mass is 10.0. The quantitative estimate of drug-likeness (QED) is 0.494. The summed E-state index contributed by atoms with van der Waals surface area (Å²) in [6.07, 6.45) is 2.07. The molecule has 0 fully saturated rings. The number of hydrogen-bond acceptors (Lipinski definition) is 1. The summed E-state index contributed by atoms with van der Waals surface area (Å²) in [5.74, 6) is 0.935. The molecule has 26 heavy (non-hydrogen) atoms. The second-order valence-electron chi connectivity index (χ2n) is 6.70. The van der Waals surface area contributed by atoms with Crippen LogP contribution in [0.25, 0.3) is 22.8 Å². The summed E-state index contributed by atoms with van der Waals surface area (Å²) in [6.45, 7) is 6.47. The van der Waals surface area contributed by atoms with Crippen molar-refractivity contribution in [2.75, 3.05) is 0 Å². The molecule has 0 amide bonds. The topological polar surface area (TPSA) is 21.7 Å². The van der Waals surface area contributed by atoms with Crippen LogP contribution >= 0.6 is 0 Å². The second-order valence-corrected chi connectivity index (χ2v) is 6.70. The Hall–Kier alpha value is -3.20. The summed E-state index contributed by atoms with van der Waals surface area (Å²) in [5, 5.41) is 4.91. The van der Waals surface area contributed by atoms with E-state index in [9.17, 15) is 0 Å². The summed E-state index contributed by atoms with van der Waals surface area (Å²) in [4.78, 5) is 0. The van der Waals surface area contributed by atoms with Gasteiger partial charge in [-0.2, -0.15) is 4.57 Å². The lowest BCUT2D eigenvalue weighted by molar-refractivity contribution is -0.585. The molecule has 1 heterocycles. The lowest BCUT2D eigenvalue weighted by Crippen LogP contribution is -2.33. The van der Waals surface area contributed by atoms with Gasteiger partial charge in [0, 0.05) is 0 Å². The first-order valence-electron chi connectivity index (χ1n) is 8.84. The van der Waals surface area contributed by atoms with Gasteiger partial charge in [0.05, 0.1) is 10.7 Å². The Labute approximate surface area is 154 Å². The molecule has 4 aromatic rings.